The molecule has 0 atom stereocenters. The van der Waals surface area contributed by atoms with Crippen molar-refractivity contribution in [1.82, 2.24) is 0 Å². The third-order valence-electron chi connectivity index (χ3n) is 6.55. The van der Waals surface area contributed by atoms with Crippen molar-refractivity contribution in [1.29, 1.82) is 0 Å². The number of nitrogens with zero attached hydrogens (tertiary/aromatic N) is 8. The van der Waals surface area contributed by atoms with Crippen LogP contribution >= 0.6 is 0 Å². The first-order chi connectivity index (χ1) is 22.1. The molecule has 0 N–H and O–H groups in total. The van der Waals surface area contributed by atoms with Gasteiger partial charge in [-0.1, -0.05) is 72.8 Å². The maximum atomic E-state index is 5.48. The Morgan fingerprint density at radius 1 is 0.378 bits per heavy atom. The van der Waals surface area contributed by atoms with Gasteiger partial charge in [0.2, 0.25) is 0 Å². The maximum absolute atomic E-state index is 5.48. The Morgan fingerprint density at radius 3 is 0.822 bits per heavy atom. The molecule has 0 bridgehead atoms. The zero-order chi connectivity index (χ0) is 31.7. The predicted molar refractivity (Wildman–Crippen MR) is 172 cm³/mol. The second kappa shape index (κ2) is 17.1. The van der Waals surface area contributed by atoms with Gasteiger partial charge in [0.1, 0.15) is 23.0 Å². The summed E-state index contributed by atoms with van der Waals surface area (Å²) in [6.07, 6.45) is 0. The monoisotopic (exact) mass is 624 g/mol. The minimum absolute atomic E-state index is 0.213. The van der Waals surface area contributed by atoms with E-state index >= 15 is 0 Å². The van der Waals surface area contributed by atoms with Crippen LogP contribution in [-0.4, -0.2) is 37.2 Å². The molecule has 45 heavy (non-hydrogen) atoms. The predicted octanol–water partition coefficient (Wildman–Crippen LogP) is 8.07. The van der Waals surface area contributed by atoms with Crippen LogP contribution in [-0.2, 0) is 26.2 Å². The lowest BCUT2D eigenvalue weighted by Crippen LogP contribution is -2.24. The highest BCUT2D eigenvalue weighted by molar-refractivity contribution is 6.72. The smallest absolute Gasteiger partial charge is 0.496 e. The number of hydrogen-bond donors (Lipinski definition) is 0. The second-order valence-corrected chi connectivity index (χ2v) is 11.4. The third-order valence-corrected chi connectivity index (χ3v) is 8.19. The molecule has 13 heteroatoms. The van der Waals surface area contributed by atoms with Crippen LogP contribution in [0.4, 0.5) is 0 Å². The van der Waals surface area contributed by atoms with Gasteiger partial charge in [0.05, 0.1) is 54.6 Å². The van der Waals surface area contributed by atoms with Crippen molar-refractivity contribution >= 4 is 8.72 Å². The summed E-state index contributed by atoms with van der Waals surface area (Å²) in [6.45, 7) is 0.853. The van der Waals surface area contributed by atoms with E-state index in [-0.39, 0.29) is 26.2 Å². The average molecular weight is 625 g/mol. The molecule has 0 aliphatic carbocycles. The first-order valence-electron chi connectivity index (χ1n) is 14.1. The summed E-state index contributed by atoms with van der Waals surface area (Å²) < 4.78 is 40.3. The number of hydrogen-bond acceptors (Lipinski definition) is 12. The van der Waals surface area contributed by atoms with Crippen LogP contribution in [0.25, 0.3) is 0 Å². The van der Waals surface area contributed by atoms with Crippen molar-refractivity contribution in [3.63, 3.8) is 0 Å². The summed E-state index contributed by atoms with van der Waals surface area (Å²) in [5.41, 5.74) is 3.37. The van der Waals surface area contributed by atoms with E-state index in [2.05, 4.69) is 39.6 Å². The highest BCUT2D eigenvalue weighted by Gasteiger charge is 2.40. The van der Waals surface area contributed by atoms with Crippen LogP contribution in [0.5, 0.6) is 23.0 Å². The molecule has 12 nitrogen and oxygen atoms in total. The Bertz CT molecular complexity index is 1400. The Kier molecular flexibility index (Phi) is 12.4. The molecule has 0 spiro atoms. The van der Waals surface area contributed by atoms with E-state index in [1.807, 2.05) is 97.1 Å². The van der Waals surface area contributed by atoms with E-state index in [4.69, 9.17) is 18.9 Å². The minimum atomic E-state index is -3.85. The number of ether oxygens (including phenoxy) is 4. The zero-order valence-corrected chi connectivity index (χ0v) is 26.8. The van der Waals surface area contributed by atoms with Crippen LogP contribution in [0, 0.1) is 0 Å². The van der Waals surface area contributed by atoms with Gasteiger partial charge in [-0.15, -0.1) is 0 Å². The molecule has 0 saturated heterocycles. The Hall–Kier alpha value is -5.30. The molecule has 0 fully saturated rings. The number of benzene rings is 4. The van der Waals surface area contributed by atoms with Crippen LogP contribution in [0.2, 0.25) is 0 Å². The number of para-hydroxylation sites is 4. The van der Waals surface area contributed by atoms with Gasteiger partial charge in [-0.05, 0) is 24.3 Å². The quantitative estimate of drug-likeness (QED) is 0.0919. The van der Waals surface area contributed by atoms with Crippen molar-refractivity contribution in [3.8, 4) is 23.0 Å². The standard InChI is InChI=1S/C32H36N8O4Si/c1-41-29-17-9-5-13-25(29)21-33-37-45(38-34-22-26-14-6-10-18-30(26)42-2,39-35-23-27-15-7-11-19-31(27)43-3)40-36-24-28-16-8-12-20-32(28)44-4/h5-20H,21-24H2,1-4H3. The third kappa shape index (κ3) is 9.34. The summed E-state index contributed by atoms with van der Waals surface area (Å²) in [7, 11) is 2.59. The van der Waals surface area contributed by atoms with Crippen molar-refractivity contribution in [2.45, 2.75) is 26.2 Å². The Labute approximate surface area is 263 Å². The van der Waals surface area contributed by atoms with Crippen molar-refractivity contribution in [3.05, 3.63) is 119 Å². The summed E-state index contributed by atoms with van der Waals surface area (Å²) in [5, 5.41) is 17.9. The second-order valence-electron chi connectivity index (χ2n) is 9.45. The van der Waals surface area contributed by atoms with Gasteiger partial charge >= 0.3 is 8.72 Å². The lowest BCUT2D eigenvalue weighted by molar-refractivity contribution is 0.409. The lowest BCUT2D eigenvalue weighted by Gasteiger charge is -2.10. The van der Waals surface area contributed by atoms with E-state index in [1.165, 1.54) is 0 Å². The molecule has 4 aromatic carbocycles. The van der Waals surface area contributed by atoms with Crippen LogP contribution < -0.4 is 18.9 Å². The lowest BCUT2D eigenvalue weighted by atomic mass is 10.2. The van der Waals surface area contributed by atoms with E-state index in [1.54, 1.807) is 28.4 Å². The highest BCUT2D eigenvalue weighted by Crippen LogP contribution is 2.25. The SMILES string of the molecule is COc1ccccc1CN=N[Si](N=NCc1ccccc1OC)(N=NCc1ccccc1OC)N=NCc1ccccc1OC. The van der Waals surface area contributed by atoms with Crippen molar-refractivity contribution in [2.75, 3.05) is 28.4 Å². The molecule has 0 aromatic heterocycles. The van der Waals surface area contributed by atoms with Crippen molar-refractivity contribution in [2.24, 2.45) is 39.6 Å². The molecule has 0 aliphatic heterocycles. The van der Waals surface area contributed by atoms with Crippen LogP contribution in [0.15, 0.2) is 137 Å². The molecule has 232 valence electrons. The number of rotatable bonds is 16. The molecule has 0 saturated carbocycles. The van der Waals surface area contributed by atoms with Crippen LogP contribution in [0.1, 0.15) is 22.3 Å². The van der Waals surface area contributed by atoms with Crippen LogP contribution in [0.3, 0.4) is 0 Å². The first-order valence-corrected chi connectivity index (χ1v) is 15.9. The molecule has 0 aliphatic rings. The van der Waals surface area contributed by atoms with Gasteiger partial charge in [0.15, 0.2) is 0 Å². The molecule has 0 unspecified atom stereocenters. The minimum Gasteiger partial charge on any atom is -0.496 e. The summed E-state index contributed by atoms with van der Waals surface area (Å²) in [4.78, 5) is 0. The molecule has 0 amide bonds. The molecule has 0 radical (unpaired) electrons. The maximum Gasteiger partial charge on any atom is 0.650 e. The highest BCUT2D eigenvalue weighted by atomic mass is 28.4. The number of methoxy groups -OCH3 is 4. The summed E-state index contributed by atoms with van der Waals surface area (Å²) in [6, 6.07) is 30.3. The van der Waals surface area contributed by atoms with E-state index in [0.29, 0.717) is 23.0 Å². The fraction of sp³-hybridized carbons (Fsp3) is 0.250. The topological polar surface area (TPSA) is 136 Å². The van der Waals surface area contributed by atoms with Gasteiger partial charge in [-0.2, -0.15) is 39.6 Å². The summed E-state index contributed by atoms with van der Waals surface area (Å²) in [5.74, 6) is 2.77. The van der Waals surface area contributed by atoms with E-state index in [0.717, 1.165) is 22.3 Å². The molecule has 0 heterocycles. The van der Waals surface area contributed by atoms with Gasteiger partial charge < -0.3 is 18.9 Å². The molecular weight excluding hydrogens is 588 g/mol. The van der Waals surface area contributed by atoms with Gasteiger partial charge in [-0.3, -0.25) is 0 Å². The molecule has 4 aromatic rings. The van der Waals surface area contributed by atoms with E-state index in [9.17, 15) is 0 Å². The van der Waals surface area contributed by atoms with Gasteiger partial charge in [-0.25, -0.2) is 0 Å². The van der Waals surface area contributed by atoms with Gasteiger partial charge in [0.25, 0.3) is 0 Å². The fourth-order valence-electron chi connectivity index (χ4n) is 4.28. The normalized spacial score (nSPS) is 13.1. The average Bonchev–Trinajstić information content (AvgIpc) is 3.09. The Balaban J connectivity index is 1.72. The molecular formula is C32H36N8O4Si. The molecule has 4 rings (SSSR count). The fourth-order valence-corrected chi connectivity index (χ4v) is 5.56. The van der Waals surface area contributed by atoms with Crippen molar-refractivity contribution < 1.29 is 18.9 Å². The largest absolute Gasteiger partial charge is 0.650 e. The first kappa shape index (κ1) is 32.6. The zero-order valence-electron chi connectivity index (χ0n) is 25.8. The summed E-state index contributed by atoms with van der Waals surface area (Å²) >= 11 is 0. The van der Waals surface area contributed by atoms with Gasteiger partial charge in [0, 0.05) is 22.3 Å². The van der Waals surface area contributed by atoms with E-state index < -0.39 is 8.72 Å². The Morgan fingerprint density at radius 2 is 0.600 bits per heavy atom.